The summed E-state index contributed by atoms with van der Waals surface area (Å²) in [5, 5.41) is 10.9. The number of hydrogen-bond donors (Lipinski definition) is 0. The van der Waals surface area contributed by atoms with Gasteiger partial charge in [-0.2, -0.15) is 0 Å². The molecule has 1 aliphatic heterocycles. The number of nitro benzene ring substituents is 1. The van der Waals surface area contributed by atoms with Crippen molar-refractivity contribution in [3.8, 4) is 0 Å². The summed E-state index contributed by atoms with van der Waals surface area (Å²) in [6, 6.07) is 5.72. The zero-order valence-electron chi connectivity index (χ0n) is 12.1. The van der Waals surface area contributed by atoms with E-state index in [2.05, 4.69) is 4.90 Å². The molecule has 4 nitrogen and oxygen atoms in total. The van der Waals surface area contributed by atoms with E-state index in [1.807, 2.05) is 6.07 Å². The fraction of sp³-hybridized carbons (Fsp3) is 0.625. The van der Waals surface area contributed by atoms with Crippen molar-refractivity contribution >= 4 is 23.0 Å². The van der Waals surface area contributed by atoms with Crippen LogP contribution in [0.5, 0.6) is 0 Å². The highest BCUT2D eigenvalue weighted by atomic mass is 35.5. The summed E-state index contributed by atoms with van der Waals surface area (Å²) >= 11 is 6.05. The van der Waals surface area contributed by atoms with Gasteiger partial charge in [-0.25, -0.2) is 0 Å². The molecule has 1 atom stereocenters. The minimum absolute atomic E-state index is 0.131. The van der Waals surface area contributed by atoms with Gasteiger partial charge in [-0.3, -0.25) is 10.1 Å². The van der Waals surface area contributed by atoms with E-state index < -0.39 is 0 Å². The molecule has 0 spiro atoms. The van der Waals surface area contributed by atoms with Crippen molar-refractivity contribution in [1.29, 1.82) is 0 Å². The van der Waals surface area contributed by atoms with E-state index in [-0.39, 0.29) is 10.6 Å². The first kappa shape index (κ1) is 14.6. The van der Waals surface area contributed by atoms with Gasteiger partial charge >= 0.3 is 0 Å². The van der Waals surface area contributed by atoms with Crippen LogP contribution in [0.3, 0.4) is 0 Å². The Balaban J connectivity index is 1.89. The predicted octanol–water partition coefficient (Wildman–Crippen LogP) is 4.49. The zero-order chi connectivity index (χ0) is 14.8. The fourth-order valence-corrected chi connectivity index (χ4v) is 4.21. The lowest BCUT2D eigenvalue weighted by Gasteiger charge is -2.32. The van der Waals surface area contributed by atoms with Crippen LogP contribution in [-0.2, 0) is 5.88 Å². The number of hydrogen-bond acceptors (Lipinski definition) is 3. The second kappa shape index (κ2) is 6.22. The second-order valence-electron chi connectivity index (χ2n) is 6.15. The molecule has 0 radical (unpaired) electrons. The highest BCUT2D eigenvalue weighted by Gasteiger charge is 2.34. The fourth-order valence-electron chi connectivity index (χ4n) is 4.00. The Hall–Kier alpha value is -1.29. The predicted molar refractivity (Wildman–Crippen MR) is 85.0 cm³/mol. The topological polar surface area (TPSA) is 46.4 Å². The number of alkyl halides is 1. The maximum absolute atomic E-state index is 10.9. The third-order valence-corrected chi connectivity index (χ3v) is 5.26. The third-order valence-electron chi connectivity index (χ3n) is 4.97. The smallest absolute Gasteiger partial charge is 0.269 e. The summed E-state index contributed by atoms with van der Waals surface area (Å²) < 4.78 is 0. The van der Waals surface area contributed by atoms with Crippen molar-refractivity contribution in [2.75, 3.05) is 11.4 Å². The number of rotatable bonds is 4. The number of nitrogens with zero attached hydrogens (tertiary/aromatic N) is 2. The van der Waals surface area contributed by atoms with E-state index in [4.69, 9.17) is 11.6 Å². The van der Waals surface area contributed by atoms with E-state index in [0.29, 0.717) is 11.9 Å². The Kier molecular flexibility index (Phi) is 4.34. The molecule has 0 aromatic heterocycles. The zero-order valence-corrected chi connectivity index (χ0v) is 12.9. The first-order chi connectivity index (χ1) is 10.2. The minimum atomic E-state index is -0.349. The van der Waals surface area contributed by atoms with Crippen molar-refractivity contribution in [3.05, 3.63) is 33.9 Å². The van der Waals surface area contributed by atoms with E-state index >= 15 is 0 Å². The molecule has 1 heterocycles. The van der Waals surface area contributed by atoms with Gasteiger partial charge in [0, 0.05) is 36.3 Å². The number of nitro groups is 1. The Morgan fingerprint density at radius 2 is 2.00 bits per heavy atom. The van der Waals surface area contributed by atoms with Gasteiger partial charge in [0.2, 0.25) is 0 Å². The molecule has 3 rings (SSSR count). The van der Waals surface area contributed by atoms with Crippen molar-refractivity contribution in [1.82, 2.24) is 0 Å². The lowest BCUT2D eigenvalue weighted by atomic mass is 9.95. The van der Waals surface area contributed by atoms with E-state index in [1.54, 1.807) is 12.1 Å². The summed E-state index contributed by atoms with van der Waals surface area (Å²) in [6.45, 7) is 1.04. The molecule has 1 unspecified atom stereocenters. The van der Waals surface area contributed by atoms with Gasteiger partial charge in [-0.15, -0.1) is 11.6 Å². The Morgan fingerprint density at radius 3 is 2.67 bits per heavy atom. The van der Waals surface area contributed by atoms with Gasteiger partial charge in [-0.1, -0.05) is 12.8 Å². The van der Waals surface area contributed by atoms with E-state index in [9.17, 15) is 10.1 Å². The van der Waals surface area contributed by atoms with Crippen LogP contribution in [0, 0.1) is 16.0 Å². The molecule has 1 aromatic rings. The van der Waals surface area contributed by atoms with Crippen LogP contribution >= 0.6 is 11.6 Å². The highest BCUT2D eigenvalue weighted by Crippen LogP contribution is 2.39. The molecular weight excluding hydrogens is 288 g/mol. The number of anilines is 1. The Bertz CT molecular complexity index is 529. The molecule has 1 saturated carbocycles. The van der Waals surface area contributed by atoms with Gasteiger partial charge in [-0.05, 0) is 43.2 Å². The molecule has 114 valence electrons. The van der Waals surface area contributed by atoms with E-state index in [1.165, 1.54) is 38.5 Å². The van der Waals surface area contributed by atoms with Gasteiger partial charge in [0.15, 0.2) is 0 Å². The second-order valence-corrected chi connectivity index (χ2v) is 6.42. The lowest BCUT2D eigenvalue weighted by molar-refractivity contribution is -0.384. The Morgan fingerprint density at radius 1 is 1.24 bits per heavy atom. The van der Waals surface area contributed by atoms with Gasteiger partial charge in [0.05, 0.1) is 4.92 Å². The van der Waals surface area contributed by atoms with Crippen molar-refractivity contribution in [3.63, 3.8) is 0 Å². The number of halogens is 1. The maximum Gasteiger partial charge on any atom is 0.269 e. The quantitative estimate of drug-likeness (QED) is 0.467. The van der Waals surface area contributed by atoms with Crippen LogP contribution in [0.25, 0.3) is 0 Å². The lowest BCUT2D eigenvalue weighted by Crippen LogP contribution is -2.35. The largest absolute Gasteiger partial charge is 0.368 e. The minimum Gasteiger partial charge on any atom is -0.368 e. The van der Waals surface area contributed by atoms with Gasteiger partial charge in [0.1, 0.15) is 0 Å². The molecule has 2 aliphatic rings. The summed E-state index contributed by atoms with van der Waals surface area (Å²) in [6.07, 6.45) is 7.78. The SMILES string of the molecule is O=[N+]([O-])c1ccc(N2CCCC2C2CCCC2)c(CCl)c1. The van der Waals surface area contributed by atoms with Crippen LogP contribution in [-0.4, -0.2) is 17.5 Å². The normalized spacial score (nSPS) is 22.9. The first-order valence-corrected chi connectivity index (χ1v) is 8.34. The number of non-ortho nitro benzene ring substituents is 1. The van der Waals surface area contributed by atoms with Crippen LogP contribution in [0.15, 0.2) is 18.2 Å². The first-order valence-electron chi connectivity index (χ1n) is 7.80. The van der Waals surface area contributed by atoms with Crippen LogP contribution in [0.2, 0.25) is 0 Å². The monoisotopic (exact) mass is 308 g/mol. The third kappa shape index (κ3) is 2.86. The molecule has 1 aliphatic carbocycles. The molecule has 0 bridgehead atoms. The molecule has 2 fully saturated rings. The van der Waals surface area contributed by atoms with Gasteiger partial charge in [0.25, 0.3) is 5.69 Å². The Labute approximate surface area is 130 Å². The average Bonchev–Trinajstić information content (AvgIpc) is 3.16. The standard InChI is InChI=1S/C16H21ClN2O2/c17-11-13-10-14(19(20)21)7-8-16(13)18-9-3-6-15(18)12-4-1-2-5-12/h7-8,10,12,15H,1-6,9,11H2. The summed E-state index contributed by atoms with van der Waals surface area (Å²) in [7, 11) is 0. The maximum atomic E-state index is 10.9. The molecule has 0 N–H and O–H groups in total. The van der Waals surface area contributed by atoms with Crippen LogP contribution in [0.1, 0.15) is 44.1 Å². The van der Waals surface area contributed by atoms with Crippen molar-refractivity contribution in [2.45, 2.75) is 50.4 Å². The average molecular weight is 309 g/mol. The van der Waals surface area contributed by atoms with Gasteiger partial charge < -0.3 is 4.90 Å². The summed E-state index contributed by atoms with van der Waals surface area (Å²) in [5.74, 6) is 1.11. The van der Waals surface area contributed by atoms with Crippen molar-refractivity contribution in [2.24, 2.45) is 5.92 Å². The molecule has 5 heteroatoms. The van der Waals surface area contributed by atoms with Crippen LogP contribution in [0.4, 0.5) is 11.4 Å². The van der Waals surface area contributed by atoms with Crippen molar-refractivity contribution < 1.29 is 4.92 Å². The highest BCUT2D eigenvalue weighted by molar-refractivity contribution is 6.17. The van der Waals surface area contributed by atoms with E-state index in [0.717, 1.165) is 23.7 Å². The molecular formula is C16H21ClN2O2. The number of benzene rings is 1. The molecule has 0 amide bonds. The molecule has 1 aromatic carbocycles. The molecule has 1 saturated heterocycles. The van der Waals surface area contributed by atoms with Crippen LogP contribution < -0.4 is 4.90 Å². The summed E-state index contributed by atoms with van der Waals surface area (Å²) in [4.78, 5) is 13.0. The molecule has 21 heavy (non-hydrogen) atoms. The summed E-state index contributed by atoms with van der Waals surface area (Å²) in [5.41, 5.74) is 2.12.